The van der Waals surface area contributed by atoms with Crippen LogP contribution in [0.1, 0.15) is 17.8 Å². The molecule has 217 valence electrons. The van der Waals surface area contributed by atoms with E-state index >= 15 is 0 Å². The zero-order chi connectivity index (χ0) is 30.3. The number of rotatable bonds is 9. The molecule has 6 rings (SSSR count). The van der Waals surface area contributed by atoms with E-state index < -0.39 is 0 Å². The molecule has 2 aliphatic heterocycles. The van der Waals surface area contributed by atoms with Crippen LogP contribution in [0.4, 0.5) is 11.4 Å². The highest BCUT2D eigenvalue weighted by Gasteiger charge is 2.36. The first kappa shape index (κ1) is 29.3. The second-order valence-electron chi connectivity index (χ2n) is 9.74. The third kappa shape index (κ3) is 6.41. The molecule has 2 aliphatic rings. The van der Waals surface area contributed by atoms with Crippen LogP contribution in [0.2, 0.25) is 0 Å². The maximum Gasteiger partial charge on any atom is 0.283 e. The van der Waals surface area contributed by atoms with Crippen molar-refractivity contribution in [3.63, 3.8) is 0 Å². The number of amides is 2. The van der Waals surface area contributed by atoms with Gasteiger partial charge in [-0.1, -0.05) is 66.2 Å². The Morgan fingerprint density at radius 2 is 1.20 bits per heavy atom. The number of para-hydroxylation sites is 2. The number of nitrogens with zero attached hydrogens (tertiary/aromatic N) is 6. The second kappa shape index (κ2) is 13.7. The summed E-state index contributed by atoms with van der Waals surface area (Å²) in [5.74, 6) is 0.627. The monoisotopic (exact) mass is 615 g/mol. The van der Waals surface area contributed by atoms with E-state index in [2.05, 4.69) is 16.9 Å². The van der Waals surface area contributed by atoms with Crippen LogP contribution in [0.3, 0.4) is 0 Å². The van der Waals surface area contributed by atoms with Gasteiger partial charge in [0.05, 0.1) is 22.8 Å². The molecule has 2 aromatic carbocycles. The zero-order valence-corrected chi connectivity index (χ0v) is 25.2. The van der Waals surface area contributed by atoms with Crippen molar-refractivity contribution >= 4 is 67.9 Å². The molecule has 0 fully saturated rings. The largest absolute Gasteiger partial charge is 0.283 e. The van der Waals surface area contributed by atoms with Crippen LogP contribution in [-0.2, 0) is 9.59 Å². The summed E-state index contributed by atoms with van der Waals surface area (Å²) in [5.41, 5.74) is 3.42. The standard InChI is InChI=1S/C34H27N6O2S2/c1-2-24(31-37-29(21-25-13-9-11-19-35-25)32(41)39(31)27-15-5-3-6-16-27)23-43-44-34-38-30(22-26-14-10-12-20-36-26)33(42)40(34)28-17-7-4-8-18-28/h3-22,24H,1-2,23H2/b29-21-,30-22-. The highest BCUT2D eigenvalue weighted by Crippen LogP contribution is 2.37. The van der Waals surface area contributed by atoms with Crippen molar-refractivity contribution in [1.29, 1.82) is 0 Å². The SMILES string of the molecule is [CH2]CC(CSSC1=N/C(=C\c2ccccn2)C(=O)N1c1ccccc1)C1=N/C(=C\c2ccccn2)C(=O)N1c1ccccc1. The maximum absolute atomic E-state index is 13.7. The lowest BCUT2D eigenvalue weighted by Crippen LogP contribution is -2.37. The van der Waals surface area contributed by atoms with E-state index in [1.807, 2.05) is 97.1 Å². The summed E-state index contributed by atoms with van der Waals surface area (Å²) < 4.78 is 0. The fourth-order valence-corrected chi connectivity index (χ4v) is 7.05. The minimum atomic E-state index is -0.219. The number of carbonyl (C=O) groups excluding carboxylic acids is 2. The minimum absolute atomic E-state index is 0.155. The van der Waals surface area contributed by atoms with Gasteiger partial charge in [0, 0.05) is 24.1 Å². The Kier molecular flexibility index (Phi) is 9.09. The average molecular weight is 616 g/mol. The molecule has 2 aromatic heterocycles. The molecule has 0 saturated heterocycles. The van der Waals surface area contributed by atoms with Gasteiger partial charge in [0.2, 0.25) is 0 Å². The smallest absolute Gasteiger partial charge is 0.266 e. The van der Waals surface area contributed by atoms with E-state index in [0.717, 1.165) is 11.4 Å². The molecule has 1 radical (unpaired) electrons. The lowest BCUT2D eigenvalue weighted by Gasteiger charge is -2.24. The van der Waals surface area contributed by atoms with E-state index in [-0.39, 0.29) is 17.7 Å². The molecule has 1 unspecified atom stereocenters. The number of amidine groups is 2. The normalized spacial score (nSPS) is 17.4. The Hall–Kier alpha value is -4.80. The summed E-state index contributed by atoms with van der Waals surface area (Å²) in [6.45, 7) is 4.19. The first-order valence-electron chi connectivity index (χ1n) is 13.9. The Balaban J connectivity index is 1.26. The van der Waals surface area contributed by atoms with Gasteiger partial charge in [-0.2, -0.15) is 0 Å². The average Bonchev–Trinajstić information content (AvgIpc) is 3.55. The van der Waals surface area contributed by atoms with Gasteiger partial charge in [-0.3, -0.25) is 29.4 Å². The molecule has 4 aromatic rings. The Bertz CT molecular complexity index is 1760. The summed E-state index contributed by atoms with van der Waals surface area (Å²) in [7, 11) is 2.95. The molecule has 1 atom stereocenters. The predicted molar refractivity (Wildman–Crippen MR) is 181 cm³/mol. The number of carbonyl (C=O) groups is 2. The van der Waals surface area contributed by atoms with Gasteiger partial charge < -0.3 is 0 Å². The molecular weight excluding hydrogens is 589 g/mol. The molecular formula is C34H27N6O2S2. The van der Waals surface area contributed by atoms with Gasteiger partial charge in [0.25, 0.3) is 11.8 Å². The molecule has 0 saturated carbocycles. The lowest BCUT2D eigenvalue weighted by atomic mass is 10.1. The third-order valence-corrected chi connectivity index (χ3v) is 9.09. The minimum Gasteiger partial charge on any atom is -0.266 e. The van der Waals surface area contributed by atoms with Gasteiger partial charge >= 0.3 is 0 Å². The number of anilines is 2. The molecule has 44 heavy (non-hydrogen) atoms. The number of aromatic nitrogens is 2. The second-order valence-corrected chi connectivity index (χ2v) is 12.0. The van der Waals surface area contributed by atoms with Crippen LogP contribution in [0.25, 0.3) is 12.2 Å². The predicted octanol–water partition coefficient (Wildman–Crippen LogP) is 6.93. The quantitative estimate of drug-likeness (QED) is 0.150. The number of benzene rings is 2. The summed E-state index contributed by atoms with van der Waals surface area (Å²) in [6.07, 6.45) is 7.28. The van der Waals surface area contributed by atoms with Gasteiger partial charge in [0.1, 0.15) is 17.2 Å². The Morgan fingerprint density at radius 3 is 1.75 bits per heavy atom. The maximum atomic E-state index is 13.7. The molecule has 0 N–H and O–H groups in total. The van der Waals surface area contributed by atoms with Crippen LogP contribution in [0.15, 0.2) is 131 Å². The fraction of sp³-hybridized carbons (Fsp3) is 0.0882. The third-order valence-electron chi connectivity index (χ3n) is 6.81. The first-order valence-corrected chi connectivity index (χ1v) is 16.2. The van der Waals surface area contributed by atoms with E-state index in [1.54, 1.807) is 45.1 Å². The van der Waals surface area contributed by atoms with Gasteiger partial charge in [-0.25, -0.2) is 9.98 Å². The fourth-order valence-electron chi connectivity index (χ4n) is 4.65. The van der Waals surface area contributed by atoms with Gasteiger partial charge in [0.15, 0.2) is 5.17 Å². The van der Waals surface area contributed by atoms with Crippen molar-refractivity contribution in [2.45, 2.75) is 6.42 Å². The topological polar surface area (TPSA) is 91.1 Å². The van der Waals surface area contributed by atoms with Crippen molar-refractivity contribution in [3.05, 3.63) is 139 Å². The van der Waals surface area contributed by atoms with Crippen molar-refractivity contribution < 1.29 is 9.59 Å². The van der Waals surface area contributed by atoms with Gasteiger partial charge in [-0.15, -0.1) is 0 Å². The molecule has 10 heteroatoms. The molecule has 8 nitrogen and oxygen atoms in total. The van der Waals surface area contributed by atoms with E-state index in [1.165, 1.54) is 10.8 Å². The molecule has 4 heterocycles. The van der Waals surface area contributed by atoms with Crippen molar-refractivity contribution in [1.82, 2.24) is 9.97 Å². The van der Waals surface area contributed by atoms with Crippen molar-refractivity contribution in [3.8, 4) is 0 Å². The first-order chi connectivity index (χ1) is 21.6. The highest BCUT2D eigenvalue weighted by atomic mass is 33.1. The van der Waals surface area contributed by atoms with E-state index in [4.69, 9.17) is 9.98 Å². The number of hydrogen-bond acceptors (Lipinski definition) is 8. The number of aliphatic imine (C=N–C) groups is 2. The van der Waals surface area contributed by atoms with Crippen molar-refractivity contribution in [2.75, 3.05) is 15.6 Å². The summed E-state index contributed by atoms with van der Waals surface area (Å²) in [6, 6.07) is 30.0. The van der Waals surface area contributed by atoms with E-state index in [9.17, 15) is 9.59 Å². The molecule has 2 amide bonds. The zero-order valence-electron chi connectivity index (χ0n) is 23.6. The molecule has 0 bridgehead atoms. The molecule has 0 spiro atoms. The van der Waals surface area contributed by atoms with E-state index in [0.29, 0.717) is 46.0 Å². The summed E-state index contributed by atoms with van der Waals surface area (Å²) >= 11 is 0. The lowest BCUT2D eigenvalue weighted by molar-refractivity contribution is -0.114. The van der Waals surface area contributed by atoms with Crippen molar-refractivity contribution in [2.24, 2.45) is 15.9 Å². The van der Waals surface area contributed by atoms with Crippen LogP contribution in [-0.4, -0.2) is 38.5 Å². The number of pyridine rings is 2. The summed E-state index contributed by atoms with van der Waals surface area (Å²) in [4.78, 5) is 48.6. The number of hydrogen-bond donors (Lipinski definition) is 0. The van der Waals surface area contributed by atoms with Gasteiger partial charge in [-0.05, 0) is 77.9 Å². The Morgan fingerprint density at radius 1 is 0.682 bits per heavy atom. The summed E-state index contributed by atoms with van der Waals surface area (Å²) in [5, 5.41) is 0.552. The van der Waals surface area contributed by atoms with Crippen LogP contribution in [0, 0.1) is 12.8 Å². The Labute approximate surface area is 263 Å². The highest BCUT2D eigenvalue weighted by molar-refractivity contribution is 8.82. The van der Waals surface area contributed by atoms with Crippen LogP contribution < -0.4 is 9.80 Å². The molecule has 0 aliphatic carbocycles. The van der Waals surface area contributed by atoms with Crippen LogP contribution in [0.5, 0.6) is 0 Å². The van der Waals surface area contributed by atoms with Crippen LogP contribution >= 0.6 is 21.6 Å².